The first-order valence-corrected chi connectivity index (χ1v) is 10.5. The molecule has 2 N–H and O–H groups in total. The van der Waals surface area contributed by atoms with E-state index in [0.717, 1.165) is 17.3 Å². The molecule has 2 aliphatic carbocycles. The number of para-hydroxylation sites is 1. The number of benzene rings is 2. The summed E-state index contributed by atoms with van der Waals surface area (Å²) in [4.78, 5) is 48.1. The standard InChI is InChI=1S/C24H19N5O3/c30-22(28-27-21-17-3-1-2-4-18(17)25-12-26-21)13-7-9-16(10-8-13)29-23(31)19-14-5-6-15(11-14)20(19)24(29)32/h1-10,12,14-15,19-20H,11H2,(H,28,30)(H,25,26,27)/t14-,15-,19-,20+/m0/s1. The molecule has 2 fully saturated rings. The van der Waals surface area contributed by atoms with Crippen LogP contribution in [0.4, 0.5) is 11.5 Å². The van der Waals surface area contributed by atoms with Crippen LogP contribution in [0.25, 0.3) is 10.9 Å². The molecule has 4 atom stereocenters. The summed E-state index contributed by atoms with van der Waals surface area (Å²) >= 11 is 0. The molecule has 1 aromatic heterocycles. The number of allylic oxidation sites excluding steroid dienone is 2. The summed E-state index contributed by atoms with van der Waals surface area (Å²) in [6, 6.07) is 14.0. The van der Waals surface area contributed by atoms with Gasteiger partial charge in [-0.05, 0) is 54.7 Å². The number of hydrazine groups is 1. The third-order valence-corrected chi connectivity index (χ3v) is 6.70. The Morgan fingerprint density at radius 1 is 0.906 bits per heavy atom. The first-order valence-electron chi connectivity index (χ1n) is 10.5. The van der Waals surface area contributed by atoms with Gasteiger partial charge in [-0.15, -0.1) is 0 Å². The van der Waals surface area contributed by atoms with E-state index in [0.29, 0.717) is 17.1 Å². The van der Waals surface area contributed by atoms with Crippen LogP contribution >= 0.6 is 0 Å². The van der Waals surface area contributed by atoms with Gasteiger partial charge in [0.25, 0.3) is 5.91 Å². The second kappa shape index (κ2) is 6.98. The number of anilines is 2. The SMILES string of the molecule is O=C(NNc1ncnc2ccccc12)c1ccc(N2C(=O)[C@@H]3[C@H](C2=O)[C@H]2C=C[C@H]3C2)cc1. The maximum atomic E-state index is 12.9. The zero-order valence-electron chi connectivity index (χ0n) is 16.9. The molecule has 0 unspecified atom stereocenters. The molecule has 1 saturated carbocycles. The zero-order chi connectivity index (χ0) is 21.8. The molecule has 0 spiro atoms. The molecule has 3 amide bonds. The van der Waals surface area contributed by atoms with E-state index in [1.165, 1.54) is 11.2 Å². The van der Waals surface area contributed by atoms with Crippen molar-refractivity contribution in [1.29, 1.82) is 0 Å². The maximum Gasteiger partial charge on any atom is 0.269 e. The van der Waals surface area contributed by atoms with Gasteiger partial charge in [-0.1, -0.05) is 24.3 Å². The zero-order valence-corrected chi connectivity index (χ0v) is 16.9. The molecular weight excluding hydrogens is 406 g/mol. The maximum absolute atomic E-state index is 12.9. The van der Waals surface area contributed by atoms with Crippen LogP contribution in [-0.2, 0) is 9.59 Å². The van der Waals surface area contributed by atoms with E-state index in [1.54, 1.807) is 24.3 Å². The number of imide groups is 1. The van der Waals surface area contributed by atoms with Crippen molar-refractivity contribution >= 4 is 40.1 Å². The molecule has 1 aliphatic heterocycles. The van der Waals surface area contributed by atoms with Gasteiger partial charge in [0, 0.05) is 10.9 Å². The third-order valence-electron chi connectivity index (χ3n) is 6.70. The molecule has 1 saturated heterocycles. The quantitative estimate of drug-likeness (QED) is 0.378. The van der Waals surface area contributed by atoms with Gasteiger partial charge >= 0.3 is 0 Å². The van der Waals surface area contributed by atoms with Crippen LogP contribution < -0.4 is 15.8 Å². The number of carbonyl (C=O) groups is 3. The molecule has 8 heteroatoms. The van der Waals surface area contributed by atoms with E-state index >= 15 is 0 Å². The number of carbonyl (C=O) groups excluding carboxylic acids is 3. The summed E-state index contributed by atoms with van der Waals surface area (Å²) in [5.41, 5.74) is 7.12. The Morgan fingerprint density at radius 2 is 1.59 bits per heavy atom. The molecule has 6 rings (SSSR count). The van der Waals surface area contributed by atoms with Crippen LogP contribution in [-0.4, -0.2) is 27.7 Å². The highest BCUT2D eigenvalue weighted by Gasteiger charge is 2.59. The summed E-state index contributed by atoms with van der Waals surface area (Å²) in [6.07, 6.45) is 6.46. The molecule has 2 bridgehead atoms. The molecule has 3 aromatic rings. The smallest absolute Gasteiger partial charge is 0.269 e. The Hall–Kier alpha value is -4.07. The van der Waals surface area contributed by atoms with Crippen LogP contribution in [0.1, 0.15) is 16.8 Å². The highest BCUT2D eigenvalue weighted by Crippen LogP contribution is 2.53. The lowest BCUT2D eigenvalue weighted by Crippen LogP contribution is -2.33. The molecule has 8 nitrogen and oxygen atoms in total. The van der Waals surface area contributed by atoms with Gasteiger partial charge in [0.1, 0.15) is 6.33 Å². The van der Waals surface area contributed by atoms with Gasteiger partial charge in [0.15, 0.2) is 5.82 Å². The molecule has 32 heavy (non-hydrogen) atoms. The lowest BCUT2D eigenvalue weighted by molar-refractivity contribution is -0.123. The van der Waals surface area contributed by atoms with Crippen LogP contribution in [0.3, 0.4) is 0 Å². The second-order valence-corrected chi connectivity index (χ2v) is 8.38. The van der Waals surface area contributed by atoms with E-state index in [1.807, 2.05) is 24.3 Å². The van der Waals surface area contributed by atoms with Crippen molar-refractivity contribution in [3.8, 4) is 0 Å². The molecule has 158 valence electrons. The average molecular weight is 425 g/mol. The van der Waals surface area contributed by atoms with E-state index in [-0.39, 0.29) is 41.4 Å². The van der Waals surface area contributed by atoms with Crippen LogP contribution in [0.5, 0.6) is 0 Å². The highest BCUT2D eigenvalue weighted by molar-refractivity contribution is 6.22. The minimum atomic E-state index is -0.363. The highest BCUT2D eigenvalue weighted by atomic mass is 16.2. The fourth-order valence-corrected chi connectivity index (χ4v) is 5.21. The van der Waals surface area contributed by atoms with Gasteiger partial charge < -0.3 is 0 Å². The first-order chi connectivity index (χ1) is 15.6. The Morgan fingerprint density at radius 3 is 2.31 bits per heavy atom. The number of rotatable bonds is 4. The minimum Gasteiger partial charge on any atom is -0.281 e. The van der Waals surface area contributed by atoms with Gasteiger partial charge in [-0.2, -0.15) is 0 Å². The van der Waals surface area contributed by atoms with Crippen molar-refractivity contribution in [3.05, 3.63) is 72.6 Å². The fourth-order valence-electron chi connectivity index (χ4n) is 5.21. The van der Waals surface area contributed by atoms with Gasteiger partial charge in [0.05, 0.1) is 23.0 Å². The van der Waals surface area contributed by atoms with Crippen LogP contribution in [0.15, 0.2) is 67.0 Å². The number of hydrogen-bond acceptors (Lipinski definition) is 6. The predicted octanol–water partition coefficient (Wildman–Crippen LogP) is 2.70. The number of aromatic nitrogens is 2. The molecule has 2 heterocycles. The number of fused-ring (bicyclic) bond motifs is 6. The molecule has 2 aromatic carbocycles. The van der Waals surface area contributed by atoms with E-state index in [9.17, 15) is 14.4 Å². The topological polar surface area (TPSA) is 104 Å². The number of nitrogens with one attached hydrogen (secondary N) is 2. The Labute approximate surface area is 183 Å². The lowest BCUT2D eigenvalue weighted by atomic mass is 9.85. The van der Waals surface area contributed by atoms with Crippen molar-refractivity contribution < 1.29 is 14.4 Å². The summed E-state index contributed by atoms with van der Waals surface area (Å²) in [5, 5.41) is 0.783. The Kier molecular flexibility index (Phi) is 4.07. The number of amides is 3. The van der Waals surface area contributed by atoms with E-state index in [2.05, 4.69) is 33.0 Å². The van der Waals surface area contributed by atoms with Crippen molar-refractivity contribution in [2.75, 3.05) is 10.3 Å². The van der Waals surface area contributed by atoms with Gasteiger partial charge in [-0.25, -0.2) is 9.97 Å². The lowest BCUT2D eigenvalue weighted by Gasteiger charge is -2.17. The molecule has 3 aliphatic rings. The Balaban J connectivity index is 1.17. The van der Waals surface area contributed by atoms with Crippen LogP contribution in [0, 0.1) is 23.7 Å². The Bertz CT molecular complexity index is 1270. The van der Waals surface area contributed by atoms with Crippen molar-refractivity contribution in [2.24, 2.45) is 23.7 Å². The largest absolute Gasteiger partial charge is 0.281 e. The monoisotopic (exact) mass is 425 g/mol. The first kappa shape index (κ1) is 18.7. The van der Waals surface area contributed by atoms with Crippen molar-refractivity contribution in [3.63, 3.8) is 0 Å². The summed E-state index contributed by atoms with van der Waals surface area (Å²) in [7, 11) is 0. The third kappa shape index (κ3) is 2.72. The normalized spacial score (nSPS) is 25.4. The van der Waals surface area contributed by atoms with E-state index < -0.39 is 0 Å². The second-order valence-electron chi connectivity index (χ2n) is 8.38. The summed E-state index contributed by atoms with van der Waals surface area (Å²) in [6.45, 7) is 0. The summed E-state index contributed by atoms with van der Waals surface area (Å²) in [5.74, 6) is -0.292. The van der Waals surface area contributed by atoms with Gasteiger partial charge in [0.2, 0.25) is 11.8 Å². The van der Waals surface area contributed by atoms with E-state index in [4.69, 9.17) is 0 Å². The average Bonchev–Trinajstić information content (AvgIpc) is 3.51. The summed E-state index contributed by atoms with van der Waals surface area (Å²) < 4.78 is 0. The van der Waals surface area contributed by atoms with Gasteiger partial charge in [-0.3, -0.25) is 30.1 Å². The molecule has 0 radical (unpaired) electrons. The van der Waals surface area contributed by atoms with Crippen LogP contribution in [0.2, 0.25) is 0 Å². The number of nitrogens with zero attached hydrogens (tertiary/aromatic N) is 3. The van der Waals surface area contributed by atoms with Crippen molar-refractivity contribution in [1.82, 2.24) is 15.4 Å². The predicted molar refractivity (Wildman–Crippen MR) is 117 cm³/mol. The fraction of sp³-hybridized carbons (Fsp3) is 0.208. The molecular formula is C24H19N5O3. The number of hydrogen-bond donors (Lipinski definition) is 2. The van der Waals surface area contributed by atoms with Crippen molar-refractivity contribution in [2.45, 2.75) is 6.42 Å². The minimum absolute atomic E-state index is 0.133.